The fraction of sp³-hybridized carbons (Fsp3) is 0.643. The normalized spacial score (nSPS) is 13.2. The molecule has 1 unspecified atom stereocenters. The summed E-state index contributed by atoms with van der Waals surface area (Å²) < 4.78 is 31.8. The smallest absolute Gasteiger partial charge is 0.212 e. The van der Waals surface area contributed by atoms with Crippen LogP contribution in [0.25, 0.3) is 0 Å². The lowest BCUT2D eigenvalue weighted by Crippen LogP contribution is -2.29. The van der Waals surface area contributed by atoms with Gasteiger partial charge in [0.05, 0.1) is 25.1 Å². The molecule has 1 aromatic rings. The molecule has 114 valence electrons. The van der Waals surface area contributed by atoms with E-state index in [-0.39, 0.29) is 18.2 Å². The summed E-state index contributed by atoms with van der Waals surface area (Å²) in [5.74, 6) is 1.05. The van der Waals surface area contributed by atoms with Crippen molar-refractivity contribution in [1.29, 1.82) is 0 Å². The molecular formula is C14H24N2O3S. The maximum atomic E-state index is 11.9. The molecule has 0 radical (unpaired) electrons. The first-order valence-electron chi connectivity index (χ1n) is 6.77. The van der Waals surface area contributed by atoms with Crippen LogP contribution in [-0.4, -0.2) is 26.3 Å². The van der Waals surface area contributed by atoms with Gasteiger partial charge < -0.3 is 4.74 Å². The number of ether oxygens (including phenoxy) is 1. The van der Waals surface area contributed by atoms with Crippen molar-refractivity contribution in [2.24, 2.45) is 5.92 Å². The third kappa shape index (κ3) is 4.45. The van der Waals surface area contributed by atoms with Crippen LogP contribution < -0.4 is 9.46 Å². The standard InChI is InChI=1S/C14H24N2O3S/c1-6-10(2)9-20(17,18)16-8-13-12(4)14(19-5)11(3)7-15-13/h7,10,16H,6,8-9H2,1-5H3. The molecule has 0 aromatic carbocycles. The van der Waals surface area contributed by atoms with Crippen LogP contribution >= 0.6 is 0 Å². The fourth-order valence-electron chi connectivity index (χ4n) is 1.98. The van der Waals surface area contributed by atoms with Gasteiger partial charge in [-0.25, -0.2) is 13.1 Å². The highest BCUT2D eigenvalue weighted by molar-refractivity contribution is 7.89. The highest BCUT2D eigenvalue weighted by Crippen LogP contribution is 2.23. The molecular weight excluding hydrogens is 276 g/mol. The maximum Gasteiger partial charge on any atom is 0.212 e. The Morgan fingerprint density at radius 1 is 1.40 bits per heavy atom. The third-order valence-corrected chi connectivity index (χ3v) is 5.00. The zero-order valence-electron chi connectivity index (χ0n) is 12.9. The van der Waals surface area contributed by atoms with Crippen molar-refractivity contribution in [3.8, 4) is 5.75 Å². The molecule has 1 rings (SSSR count). The molecule has 1 N–H and O–H groups in total. The first kappa shape index (κ1) is 16.9. The van der Waals surface area contributed by atoms with Gasteiger partial charge in [-0.1, -0.05) is 20.3 Å². The van der Waals surface area contributed by atoms with E-state index >= 15 is 0 Å². The van der Waals surface area contributed by atoms with Crippen LogP contribution in [0.15, 0.2) is 6.20 Å². The van der Waals surface area contributed by atoms with Gasteiger partial charge in [-0.2, -0.15) is 0 Å². The van der Waals surface area contributed by atoms with Gasteiger partial charge in [0.1, 0.15) is 5.75 Å². The van der Waals surface area contributed by atoms with Crippen LogP contribution in [-0.2, 0) is 16.6 Å². The Hall–Kier alpha value is -1.14. The Morgan fingerprint density at radius 2 is 2.05 bits per heavy atom. The summed E-state index contributed by atoms with van der Waals surface area (Å²) >= 11 is 0. The van der Waals surface area contributed by atoms with E-state index in [1.54, 1.807) is 13.3 Å². The molecule has 0 aliphatic heterocycles. The van der Waals surface area contributed by atoms with Crippen molar-refractivity contribution in [2.45, 2.75) is 40.7 Å². The van der Waals surface area contributed by atoms with Crippen LogP contribution in [0.1, 0.15) is 37.1 Å². The van der Waals surface area contributed by atoms with Crippen LogP contribution in [0.3, 0.4) is 0 Å². The van der Waals surface area contributed by atoms with Crippen LogP contribution in [0.4, 0.5) is 0 Å². The predicted molar refractivity (Wildman–Crippen MR) is 80.3 cm³/mol. The van der Waals surface area contributed by atoms with Crippen molar-refractivity contribution in [1.82, 2.24) is 9.71 Å². The van der Waals surface area contributed by atoms with Gasteiger partial charge in [0.2, 0.25) is 10.0 Å². The first-order valence-corrected chi connectivity index (χ1v) is 8.42. The lowest BCUT2D eigenvalue weighted by atomic mass is 10.1. The highest BCUT2D eigenvalue weighted by atomic mass is 32.2. The van der Waals surface area contributed by atoms with Gasteiger partial charge in [0, 0.05) is 17.3 Å². The van der Waals surface area contributed by atoms with Crippen LogP contribution in [0, 0.1) is 19.8 Å². The molecule has 6 heteroatoms. The lowest BCUT2D eigenvalue weighted by molar-refractivity contribution is 0.406. The monoisotopic (exact) mass is 300 g/mol. The zero-order chi connectivity index (χ0) is 15.3. The average molecular weight is 300 g/mol. The van der Waals surface area contributed by atoms with Gasteiger partial charge in [-0.15, -0.1) is 0 Å². The van der Waals surface area contributed by atoms with Crippen molar-refractivity contribution in [3.63, 3.8) is 0 Å². The highest BCUT2D eigenvalue weighted by Gasteiger charge is 2.16. The minimum atomic E-state index is -3.27. The van der Waals surface area contributed by atoms with E-state index in [2.05, 4.69) is 9.71 Å². The van der Waals surface area contributed by atoms with E-state index < -0.39 is 10.0 Å². The lowest BCUT2D eigenvalue weighted by Gasteiger charge is -2.14. The van der Waals surface area contributed by atoms with Gasteiger partial charge in [0.15, 0.2) is 0 Å². The molecule has 5 nitrogen and oxygen atoms in total. The number of hydrogen-bond acceptors (Lipinski definition) is 4. The maximum absolute atomic E-state index is 11.9. The van der Waals surface area contributed by atoms with Gasteiger partial charge >= 0.3 is 0 Å². The van der Waals surface area contributed by atoms with E-state index in [9.17, 15) is 8.42 Å². The fourth-order valence-corrected chi connectivity index (χ4v) is 3.44. The first-order chi connectivity index (χ1) is 9.30. The SMILES string of the molecule is CCC(C)CS(=O)(=O)NCc1ncc(C)c(OC)c1C. The minimum Gasteiger partial charge on any atom is -0.496 e. The second-order valence-corrected chi connectivity index (χ2v) is 7.01. The number of hydrogen-bond donors (Lipinski definition) is 1. The summed E-state index contributed by atoms with van der Waals surface area (Å²) in [5, 5.41) is 0. The Bertz CT molecular complexity index is 556. The molecule has 1 heterocycles. The second-order valence-electron chi connectivity index (χ2n) is 5.16. The van der Waals surface area contributed by atoms with Crippen molar-refractivity contribution in [2.75, 3.05) is 12.9 Å². The molecule has 0 bridgehead atoms. The summed E-state index contributed by atoms with van der Waals surface area (Å²) in [7, 11) is -1.66. The predicted octanol–water partition coefficient (Wildman–Crippen LogP) is 2.17. The van der Waals surface area contributed by atoms with Gasteiger partial charge in [-0.05, 0) is 19.8 Å². The number of sulfonamides is 1. The van der Waals surface area contributed by atoms with E-state index in [0.717, 1.165) is 23.3 Å². The molecule has 0 spiro atoms. The largest absolute Gasteiger partial charge is 0.496 e. The minimum absolute atomic E-state index is 0.144. The summed E-state index contributed by atoms with van der Waals surface area (Å²) in [6.07, 6.45) is 2.54. The van der Waals surface area contributed by atoms with Crippen molar-refractivity contribution >= 4 is 10.0 Å². The van der Waals surface area contributed by atoms with Crippen LogP contribution in [0.2, 0.25) is 0 Å². The second kappa shape index (κ2) is 7.04. The van der Waals surface area contributed by atoms with E-state index in [0.29, 0.717) is 5.69 Å². The number of nitrogens with zero attached hydrogens (tertiary/aromatic N) is 1. The topological polar surface area (TPSA) is 68.3 Å². The number of pyridine rings is 1. The van der Waals surface area contributed by atoms with E-state index in [1.807, 2.05) is 27.7 Å². The number of aryl methyl sites for hydroxylation is 1. The number of nitrogens with one attached hydrogen (secondary N) is 1. The Kier molecular flexibility index (Phi) is 5.95. The Balaban J connectivity index is 2.81. The third-order valence-electron chi connectivity index (χ3n) is 3.41. The molecule has 0 aliphatic carbocycles. The number of methoxy groups -OCH3 is 1. The van der Waals surface area contributed by atoms with Crippen LogP contribution in [0.5, 0.6) is 5.75 Å². The molecule has 0 saturated carbocycles. The summed E-state index contributed by atoms with van der Waals surface area (Å²) in [5.41, 5.74) is 2.51. The molecule has 1 aromatic heterocycles. The molecule has 1 atom stereocenters. The quantitative estimate of drug-likeness (QED) is 0.838. The summed E-state index contributed by atoms with van der Waals surface area (Å²) in [6, 6.07) is 0. The molecule has 0 fully saturated rings. The van der Waals surface area contributed by atoms with Crippen molar-refractivity contribution in [3.05, 3.63) is 23.0 Å². The van der Waals surface area contributed by atoms with E-state index in [1.165, 1.54) is 0 Å². The zero-order valence-corrected chi connectivity index (χ0v) is 13.7. The number of aromatic nitrogens is 1. The van der Waals surface area contributed by atoms with Crippen molar-refractivity contribution < 1.29 is 13.2 Å². The van der Waals surface area contributed by atoms with E-state index in [4.69, 9.17) is 4.74 Å². The Labute approximate surface area is 121 Å². The van der Waals surface area contributed by atoms with Gasteiger partial charge in [-0.3, -0.25) is 4.98 Å². The average Bonchev–Trinajstić information content (AvgIpc) is 2.37. The number of rotatable bonds is 7. The Morgan fingerprint density at radius 3 is 2.60 bits per heavy atom. The van der Waals surface area contributed by atoms with Gasteiger partial charge in [0.25, 0.3) is 0 Å². The summed E-state index contributed by atoms with van der Waals surface area (Å²) in [4.78, 5) is 4.28. The summed E-state index contributed by atoms with van der Waals surface area (Å²) in [6.45, 7) is 7.91. The molecule has 0 aliphatic rings. The molecule has 20 heavy (non-hydrogen) atoms. The molecule has 0 saturated heterocycles. The molecule has 0 amide bonds.